The Morgan fingerprint density at radius 3 is 2.46 bits per heavy atom. The highest BCUT2D eigenvalue weighted by molar-refractivity contribution is 5.77. The minimum absolute atomic E-state index is 0.141. The summed E-state index contributed by atoms with van der Waals surface area (Å²) in [5, 5.41) is 0. The van der Waals surface area contributed by atoms with Crippen LogP contribution in [0.5, 0.6) is 0 Å². The van der Waals surface area contributed by atoms with Gasteiger partial charge in [-0.3, -0.25) is 9.59 Å². The second-order valence-electron chi connectivity index (χ2n) is 8.74. The summed E-state index contributed by atoms with van der Waals surface area (Å²) in [7, 11) is 3.66. The lowest BCUT2D eigenvalue weighted by Gasteiger charge is -2.40. The fourth-order valence-electron chi connectivity index (χ4n) is 4.74. The van der Waals surface area contributed by atoms with Crippen LogP contribution in [0.1, 0.15) is 63.0 Å². The summed E-state index contributed by atoms with van der Waals surface area (Å²) in [6.07, 6.45) is 4.30. The zero-order chi connectivity index (χ0) is 18.9. The number of likely N-dealkylation sites (tertiary alicyclic amines) is 1. The van der Waals surface area contributed by atoms with Crippen molar-refractivity contribution < 1.29 is 9.59 Å². The number of fused-ring (bicyclic) bond motifs is 2. The summed E-state index contributed by atoms with van der Waals surface area (Å²) in [5.41, 5.74) is 2.92. The zero-order valence-corrected chi connectivity index (χ0v) is 16.6. The van der Waals surface area contributed by atoms with Gasteiger partial charge in [0.25, 0.3) is 0 Å². The van der Waals surface area contributed by atoms with Crippen molar-refractivity contribution >= 4 is 11.8 Å². The molecule has 0 N–H and O–H groups in total. The third-order valence-electron chi connectivity index (χ3n) is 6.19. The van der Waals surface area contributed by atoms with Crippen molar-refractivity contribution in [1.82, 2.24) is 9.80 Å². The van der Waals surface area contributed by atoms with E-state index < -0.39 is 0 Å². The molecule has 2 amide bonds. The molecule has 0 saturated carbocycles. The van der Waals surface area contributed by atoms with E-state index in [4.69, 9.17) is 0 Å². The van der Waals surface area contributed by atoms with Crippen LogP contribution in [0, 0.1) is 5.92 Å². The van der Waals surface area contributed by atoms with E-state index in [0.717, 1.165) is 32.4 Å². The number of rotatable bonds is 4. The molecule has 1 spiro atoms. The first kappa shape index (κ1) is 18.9. The zero-order valence-electron chi connectivity index (χ0n) is 16.6. The molecule has 4 heteroatoms. The van der Waals surface area contributed by atoms with E-state index in [1.54, 1.807) is 4.90 Å². The molecule has 0 bridgehead atoms. The molecule has 0 unspecified atom stereocenters. The molecule has 2 aliphatic rings. The lowest BCUT2D eigenvalue weighted by molar-refractivity contribution is -0.133. The van der Waals surface area contributed by atoms with Crippen molar-refractivity contribution in [3.05, 3.63) is 35.4 Å². The van der Waals surface area contributed by atoms with Crippen LogP contribution in [0.15, 0.2) is 24.3 Å². The van der Waals surface area contributed by atoms with Crippen LogP contribution in [0.3, 0.4) is 0 Å². The summed E-state index contributed by atoms with van der Waals surface area (Å²) < 4.78 is 0. The van der Waals surface area contributed by atoms with Gasteiger partial charge in [-0.25, -0.2) is 0 Å². The van der Waals surface area contributed by atoms with E-state index in [1.165, 1.54) is 11.1 Å². The SMILES string of the molecule is CC(C)CC(=O)N1CCC2(CC1)C[C@@H](CC(=O)N(C)C)c1ccccc12. The number of carbonyl (C=O) groups excluding carboxylic acids is 2. The Hall–Kier alpha value is -1.84. The van der Waals surface area contributed by atoms with Gasteiger partial charge in [-0.15, -0.1) is 0 Å². The number of piperidine rings is 1. The maximum absolute atomic E-state index is 12.4. The first-order valence-electron chi connectivity index (χ1n) is 9.90. The molecule has 1 aliphatic carbocycles. The topological polar surface area (TPSA) is 40.6 Å². The van der Waals surface area contributed by atoms with Crippen molar-refractivity contribution in [3.63, 3.8) is 0 Å². The fraction of sp³-hybridized carbons (Fsp3) is 0.636. The van der Waals surface area contributed by atoms with Gasteiger partial charge in [-0.2, -0.15) is 0 Å². The van der Waals surface area contributed by atoms with E-state index >= 15 is 0 Å². The quantitative estimate of drug-likeness (QED) is 0.828. The maximum atomic E-state index is 12.4. The van der Waals surface area contributed by atoms with Crippen LogP contribution in [-0.4, -0.2) is 48.8 Å². The van der Waals surface area contributed by atoms with Gasteiger partial charge >= 0.3 is 0 Å². The highest BCUT2D eigenvalue weighted by atomic mass is 16.2. The summed E-state index contributed by atoms with van der Waals surface area (Å²) in [6.45, 7) is 5.88. The highest BCUT2D eigenvalue weighted by Gasteiger charge is 2.46. The molecular formula is C22H32N2O2. The minimum atomic E-state index is 0.141. The second kappa shape index (κ2) is 7.42. The van der Waals surface area contributed by atoms with Gasteiger partial charge in [0.15, 0.2) is 0 Å². The molecule has 1 atom stereocenters. The van der Waals surface area contributed by atoms with Gasteiger partial charge in [0.05, 0.1) is 0 Å². The number of amides is 2. The summed E-state index contributed by atoms with van der Waals surface area (Å²) in [4.78, 5) is 28.5. The standard InChI is InChI=1S/C22H32N2O2/c1-16(2)13-21(26)24-11-9-22(10-12-24)15-17(14-20(25)23(3)4)18-7-5-6-8-19(18)22/h5-8,16-17H,9-15H2,1-4H3/t17-/m1/s1. The van der Waals surface area contributed by atoms with Crippen LogP contribution in [-0.2, 0) is 15.0 Å². The average molecular weight is 357 g/mol. The van der Waals surface area contributed by atoms with Crippen molar-refractivity contribution in [2.24, 2.45) is 5.92 Å². The molecule has 3 rings (SSSR count). The van der Waals surface area contributed by atoms with Crippen LogP contribution in [0.2, 0.25) is 0 Å². The highest BCUT2D eigenvalue weighted by Crippen LogP contribution is 2.52. The smallest absolute Gasteiger partial charge is 0.222 e. The molecule has 0 aromatic heterocycles. The number of hydrogen-bond donors (Lipinski definition) is 0. The molecule has 26 heavy (non-hydrogen) atoms. The van der Waals surface area contributed by atoms with Gasteiger partial charge in [0.1, 0.15) is 0 Å². The van der Waals surface area contributed by atoms with E-state index in [1.807, 2.05) is 19.0 Å². The molecule has 1 fully saturated rings. The first-order chi connectivity index (χ1) is 12.3. The van der Waals surface area contributed by atoms with Crippen LogP contribution >= 0.6 is 0 Å². The van der Waals surface area contributed by atoms with Crippen molar-refractivity contribution in [3.8, 4) is 0 Å². The van der Waals surface area contributed by atoms with Crippen LogP contribution < -0.4 is 0 Å². The normalized spacial score (nSPS) is 21.1. The van der Waals surface area contributed by atoms with Gasteiger partial charge in [-0.1, -0.05) is 38.1 Å². The minimum Gasteiger partial charge on any atom is -0.349 e. The number of carbonyl (C=O) groups is 2. The Morgan fingerprint density at radius 1 is 1.19 bits per heavy atom. The lowest BCUT2D eigenvalue weighted by atomic mass is 9.73. The van der Waals surface area contributed by atoms with Crippen LogP contribution in [0.4, 0.5) is 0 Å². The van der Waals surface area contributed by atoms with Crippen molar-refractivity contribution in [2.45, 2.75) is 57.3 Å². The van der Waals surface area contributed by atoms with Crippen molar-refractivity contribution in [2.75, 3.05) is 27.2 Å². The number of benzene rings is 1. The molecule has 142 valence electrons. The molecule has 1 aromatic carbocycles. The van der Waals surface area contributed by atoms with E-state index in [9.17, 15) is 9.59 Å². The molecule has 1 heterocycles. The molecule has 1 aromatic rings. The summed E-state index contributed by atoms with van der Waals surface area (Å²) >= 11 is 0. The molecule has 1 saturated heterocycles. The Kier molecular flexibility index (Phi) is 5.40. The third-order valence-corrected chi connectivity index (χ3v) is 6.19. The number of hydrogen-bond acceptors (Lipinski definition) is 2. The maximum Gasteiger partial charge on any atom is 0.222 e. The number of nitrogens with zero attached hydrogens (tertiary/aromatic N) is 2. The summed E-state index contributed by atoms with van der Waals surface area (Å²) in [6, 6.07) is 8.66. The fourth-order valence-corrected chi connectivity index (χ4v) is 4.74. The largest absolute Gasteiger partial charge is 0.349 e. The Morgan fingerprint density at radius 2 is 1.85 bits per heavy atom. The monoisotopic (exact) mass is 356 g/mol. The van der Waals surface area contributed by atoms with Crippen molar-refractivity contribution in [1.29, 1.82) is 0 Å². The molecule has 0 radical (unpaired) electrons. The predicted octanol–water partition coefficient (Wildman–Crippen LogP) is 3.56. The van der Waals surface area contributed by atoms with Gasteiger partial charge in [0, 0.05) is 40.0 Å². The molecular weight excluding hydrogens is 324 g/mol. The second-order valence-corrected chi connectivity index (χ2v) is 8.74. The molecule has 4 nitrogen and oxygen atoms in total. The average Bonchev–Trinajstić information content (AvgIpc) is 2.89. The first-order valence-corrected chi connectivity index (χ1v) is 9.90. The Bertz CT molecular complexity index is 672. The Labute approximate surface area is 157 Å². The van der Waals surface area contributed by atoms with E-state index in [-0.39, 0.29) is 11.3 Å². The van der Waals surface area contributed by atoms with Gasteiger partial charge in [-0.05, 0) is 47.6 Å². The predicted molar refractivity (Wildman–Crippen MR) is 104 cm³/mol. The van der Waals surface area contributed by atoms with Crippen LogP contribution in [0.25, 0.3) is 0 Å². The summed E-state index contributed by atoms with van der Waals surface area (Å²) in [5.74, 6) is 1.21. The Balaban J connectivity index is 1.75. The van der Waals surface area contributed by atoms with E-state index in [0.29, 0.717) is 30.6 Å². The van der Waals surface area contributed by atoms with Gasteiger partial charge < -0.3 is 9.80 Å². The van der Waals surface area contributed by atoms with E-state index in [2.05, 4.69) is 38.1 Å². The molecule has 1 aliphatic heterocycles. The lowest BCUT2D eigenvalue weighted by Crippen LogP contribution is -2.44. The third kappa shape index (κ3) is 3.65. The van der Waals surface area contributed by atoms with Gasteiger partial charge in [0.2, 0.25) is 11.8 Å².